The molecule has 11 heteroatoms. The third-order valence-corrected chi connectivity index (χ3v) is 7.35. The molecule has 0 aliphatic carbocycles. The van der Waals surface area contributed by atoms with E-state index >= 15 is 0 Å². The molecule has 136 valence electrons. The van der Waals surface area contributed by atoms with Crippen LogP contribution >= 0.6 is 23.1 Å². The van der Waals surface area contributed by atoms with Gasteiger partial charge in [-0.15, -0.1) is 10.2 Å². The van der Waals surface area contributed by atoms with Crippen molar-refractivity contribution in [3.63, 3.8) is 0 Å². The van der Waals surface area contributed by atoms with Crippen LogP contribution in [0.25, 0.3) is 0 Å². The largest absolute Gasteiger partial charge is 0.300 e. The molecular formula is C13H23N5O3S3. The zero-order valence-corrected chi connectivity index (χ0v) is 16.7. The van der Waals surface area contributed by atoms with E-state index in [-0.39, 0.29) is 18.4 Å². The van der Waals surface area contributed by atoms with Crippen LogP contribution < -0.4 is 5.32 Å². The summed E-state index contributed by atoms with van der Waals surface area (Å²) in [7, 11) is -0.502. The fourth-order valence-electron chi connectivity index (χ4n) is 2.31. The summed E-state index contributed by atoms with van der Waals surface area (Å²) in [6.07, 6.45) is 1.33. The third-order valence-electron chi connectivity index (χ3n) is 3.52. The molecule has 24 heavy (non-hydrogen) atoms. The maximum absolute atomic E-state index is 12.4. The molecule has 1 aliphatic heterocycles. The van der Waals surface area contributed by atoms with Crippen LogP contribution in [0.15, 0.2) is 4.34 Å². The first-order valence-corrected chi connectivity index (χ1v) is 10.8. The molecule has 2 heterocycles. The number of hydrogen-bond donors (Lipinski definition) is 1. The number of rotatable bonds is 6. The smallest absolute Gasteiger partial charge is 0.281 e. The van der Waals surface area contributed by atoms with Gasteiger partial charge in [0.2, 0.25) is 11.0 Å². The first-order chi connectivity index (χ1) is 11.2. The molecule has 1 aliphatic rings. The molecule has 8 nitrogen and oxygen atoms in total. The average Bonchev–Trinajstić information content (AvgIpc) is 2.93. The first-order valence-electron chi connectivity index (χ1n) is 7.68. The van der Waals surface area contributed by atoms with Gasteiger partial charge in [0.25, 0.3) is 10.2 Å². The minimum atomic E-state index is -3.49. The second kappa shape index (κ2) is 8.09. The van der Waals surface area contributed by atoms with Crippen molar-refractivity contribution in [1.29, 1.82) is 0 Å². The van der Waals surface area contributed by atoms with Crippen LogP contribution in [-0.4, -0.2) is 65.6 Å². The summed E-state index contributed by atoms with van der Waals surface area (Å²) in [6, 6.07) is 0. The van der Waals surface area contributed by atoms with E-state index < -0.39 is 10.2 Å². The van der Waals surface area contributed by atoms with Crippen molar-refractivity contribution in [3.05, 3.63) is 0 Å². The Morgan fingerprint density at radius 1 is 1.42 bits per heavy atom. The second-order valence-electron chi connectivity index (χ2n) is 6.02. The van der Waals surface area contributed by atoms with Crippen molar-refractivity contribution >= 4 is 44.3 Å². The molecule has 0 aromatic carbocycles. The van der Waals surface area contributed by atoms with Crippen LogP contribution in [0.1, 0.15) is 26.7 Å². The fraction of sp³-hybridized carbons (Fsp3) is 0.769. The quantitative estimate of drug-likeness (QED) is 0.581. The summed E-state index contributed by atoms with van der Waals surface area (Å²) in [5.41, 5.74) is 0. The SMILES string of the molecule is CC(C)Sc1nnc(NC(=O)[C@H]2CCCN(S(=O)(=O)N(C)C)C2)s1. The Balaban J connectivity index is 1.98. The molecule has 0 saturated carbocycles. The standard InChI is InChI=1S/C13H23N5O3S3/c1-9(2)22-13-16-15-12(23-13)14-11(19)10-6-5-7-18(8-10)24(20,21)17(3)4/h9-10H,5-8H2,1-4H3,(H,14,15,19)/t10-/m0/s1. The van der Waals surface area contributed by atoms with Gasteiger partial charge < -0.3 is 5.32 Å². The highest BCUT2D eigenvalue weighted by Crippen LogP contribution is 2.29. The lowest BCUT2D eigenvalue weighted by Gasteiger charge is -2.32. The molecule has 1 atom stereocenters. The van der Waals surface area contributed by atoms with Gasteiger partial charge in [0.15, 0.2) is 4.34 Å². The molecule has 0 bridgehead atoms. The van der Waals surface area contributed by atoms with Crippen molar-refractivity contribution in [3.8, 4) is 0 Å². The van der Waals surface area contributed by atoms with Crippen molar-refractivity contribution in [2.75, 3.05) is 32.5 Å². The molecule has 1 saturated heterocycles. The Hall–Kier alpha value is -0.750. The van der Waals surface area contributed by atoms with Gasteiger partial charge in [0.05, 0.1) is 5.92 Å². The summed E-state index contributed by atoms with van der Waals surface area (Å²) in [5, 5.41) is 11.6. The van der Waals surface area contributed by atoms with Gasteiger partial charge in [-0.2, -0.15) is 17.0 Å². The van der Waals surface area contributed by atoms with E-state index in [1.165, 1.54) is 34.0 Å². The predicted octanol–water partition coefficient (Wildman–Crippen LogP) is 1.50. The lowest BCUT2D eigenvalue weighted by molar-refractivity contribution is -0.120. The van der Waals surface area contributed by atoms with Crippen molar-refractivity contribution in [2.45, 2.75) is 36.3 Å². The summed E-state index contributed by atoms with van der Waals surface area (Å²) in [5.74, 6) is -0.579. The number of carbonyl (C=O) groups excluding carboxylic acids is 1. The van der Waals surface area contributed by atoms with Crippen molar-refractivity contribution < 1.29 is 13.2 Å². The van der Waals surface area contributed by atoms with Gasteiger partial charge in [-0.1, -0.05) is 36.9 Å². The molecule has 0 unspecified atom stereocenters. The van der Waals surface area contributed by atoms with Crippen LogP contribution in [0.3, 0.4) is 0 Å². The van der Waals surface area contributed by atoms with E-state index in [1.807, 2.05) is 0 Å². The molecular weight excluding hydrogens is 370 g/mol. The zero-order chi connectivity index (χ0) is 17.9. The van der Waals surface area contributed by atoms with Crippen LogP contribution in [0.5, 0.6) is 0 Å². The molecule has 1 aromatic rings. The van der Waals surface area contributed by atoms with E-state index in [4.69, 9.17) is 0 Å². The highest BCUT2D eigenvalue weighted by Gasteiger charge is 2.33. The molecule has 1 aromatic heterocycles. The average molecular weight is 394 g/mol. The van der Waals surface area contributed by atoms with E-state index in [2.05, 4.69) is 29.4 Å². The van der Waals surface area contributed by atoms with Gasteiger partial charge in [-0.05, 0) is 12.8 Å². The monoisotopic (exact) mass is 393 g/mol. The molecule has 0 spiro atoms. The highest BCUT2D eigenvalue weighted by molar-refractivity contribution is 8.01. The first kappa shape index (κ1) is 19.6. The molecule has 0 radical (unpaired) electrons. The molecule has 1 amide bonds. The number of amides is 1. The van der Waals surface area contributed by atoms with Crippen molar-refractivity contribution in [1.82, 2.24) is 18.8 Å². The maximum atomic E-state index is 12.4. The molecule has 1 N–H and O–H groups in total. The highest BCUT2D eigenvalue weighted by atomic mass is 32.2. The van der Waals surface area contributed by atoms with Gasteiger partial charge in [0, 0.05) is 32.4 Å². The summed E-state index contributed by atoms with van der Waals surface area (Å²) >= 11 is 2.92. The van der Waals surface area contributed by atoms with Crippen molar-refractivity contribution in [2.24, 2.45) is 5.92 Å². The summed E-state index contributed by atoms with van der Waals surface area (Å²) < 4.78 is 27.8. The topological polar surface area (TPSA) is 95.5 Å². The Bertz CT molecular complexity index is 674. The normalized spacial score (nSPS) is 19.8. The van der Waals surface area contributed by atoms with Crippen LogP contribution in [0.2, 0.25) is 0 Å². The Morgan fingerprint density at radius 3 is 2.75 bits per heavy atom. The Labute approximate surface area is 151 Å². The van der Waals surface area contributed by atoms with E-state index in [1.54, 1.807) is 11.8 Å². The third kappa shape index (κ3) is 4.88. The number of thioether (sulfide) groups is 1. The minimum Gasteiger partial charge on any atom is -0.300 e. The van der Waals surface area contributed by atoms with Crippen LogP contribution in [-0.2, 0) is 15.0 Å². The number of aromatic nitrogens is 2. The number of nitrogens with zero attached hydrogens (tertiary/aromatic N) is 4. The number of anilines is 1. The molecule has 2 rings (SSSR count). The molecule has 1 fully saturated rings. The Morgan fingerprint density at radius 2 is 2.12 bits per heavy atom. The van der Waals surface area contributed by atoms with Gasteiger partial charge in [-0.25, -0.2) is 0 Å². The van der Waals surface area contributed by atoms with Crippen LogP contribution in [0, 0.1) is 5.92 Å². The van der Waals surface area contributed by atoms with Gasteiger partial charge >= 0.3 is 0 Å². The Kier molecular flexibility index (Phi) is 6.59. The lowest BCUT2D eigenvalue weighted by atomic mass is 9.99. The number of carbonyl (C=O) groups is 1. The summed E-state index contributed by atoms with van der Waals surface area (Å²) in [6.45, 7) is 4.76. The second-order valence-corrected chi connectivity index (χ2v) is 11.0. The number of piperidine rings is 1. The summed E-state index contributed by atoms with van der Waals surface area (Å²) in [4.78, 5) is 12.4. The minimum absolute atomic E-state index is 0.193. The number of hydrogen-bond acceptors (Lipinski definition) is 7. The fourth-order valence-corrected chi connectivity index (χ4v) is 5.48. The van der Waals surface area contributed by atoms with Crippen LogP contribution in [0.4, 0.5) is 5.13 Å². The number of nitrogens with one attached hydrogen (secondary N) is 1. The predicted molar refractivity (Wildman–Crippen MR) is 96.4 cm³/mol. The van der Waals surface area contributed by atoms with Gasteiger partial charge in [0.1, 0.15) is 0 Å². The van der Waals surface area contributed by atoms with E-state index in [0.717, 1.165) is 4.34 Å². The van der Waals surface area contributed by atoms with Gasteiger partial charge in [-0.3, -0.25) is 4.79 Å². The maximum Gasteiger partial charge on any atom is 0.281 e. The lowest BCUT2D eigenvalue weighted by Crippen LogP contribution is -2.47. The van der Waals surface area contributed by atoms with E-state index in [0.29, 0.717) is 29.8 Å². The van der Waals surface area contributed by atoms with E-state index in [9.17, 15) is 13.2 Å². The zero-order valence-electron chi connectivity index (χ0n) is 14.2.